The van der Waals surface area contributed by atoms with Crippen LogP contribution in [-0.2, 0) is 0 Å². The number of ether oxygens (including phenoxy) is 1. The number of hydrazone groups is 1. The highest BCUT2D eigenvalue weighted by atomic mass is 79.9. The van der Waals surface area contributed by atoms with Crippen LogP contribution in [0, 0.1) is 10.1 Å². The van der Waals surface area contributed by atoms with Crippen LogP contribution < -0.4 is 10.2 Å². The van der Waals surface area contributed by atoms with Gasteiger partial charge in [0.25, 0.3) is 5.69 Å². The lowest BCUT2D eigenvalue weighted by atomic mass is 10.1. The van der Waals surface area contributed by atoms with E-state index in [1.165, 1.54) is 23.5 Å². The van der Waals surface area contributed by atoms with E-state index in [0.29, 0.717) is 10.9 Å². The normalized spacial score (nSPS) is 10.8. The molecule has 0 atom stereocenters. The van der Waals surface area contributed by atoms with Gasteiger partial charge in [-0.15, -0.1) is 11.3 Å². The summed E-state index contributed by atoms with van der Waals surface area (Å²) in [6, 6.07) is 11.9. The quantitative estimate of drug-likeness (QED) is 0.338. The van der Waals surface area contributed by atoms with Gasteiger partial charge in [0.15, 0.2) is 0 Å². The Morgan fingerprint density at radius 2 is 2.08 bits per heavy atom. The van der Waals surface area contributed by atoms with E-state index < -0.39 is 4.92 Å². The fourth-order valence-corrected chi connectivity index (χ4v) is 3.22. The van der Waals surface area contributed by atoms with Crippen molar-refractivity contribution in [1.29, 1.82) is 0 Å². The Bertz CT molecular complexity index is 957. The van der Waals surface area contributed by atoms with Crippen molar-refractivity contribution in [2.75, 3.05) is 12.5 Å². The van der Waals surface area contributed by atoms with Crippen LogP contribution in [0.2, 0.25) is 0 Å². The lowest BCUT2D eigenvalue weighted by Crippen LogP contribution is -1.94. The zero-order valence-corrected chi connectivity index (χ0v) is 16.0. The van der Waals surface area contributed by atoms with Crippen LogP contribution in [0.5, 0.6) is 5.75 Å². The molecule has 0 saturated heterocycles. The maximum atomic E-state index is 10.7. The first-order chi connectivity index (χ1) is 12.6. The van der Waals surface area contributed by atoms with Gasteiger partial charge < -0.3 is 4.74 Å². The molecule has 0 bridgehead atoms. The van der Waals surface area contributed by atoms with E-state index in [1.54, 1.807) is 25.5 Å². The van der Waals surface area contributed by atoms with Gasteiger partial charge in [0.2, 0.25) is 5.13 Å². The van der Waals surface area contributed by atoms with E-state index in [9.17, 15) is 10.1 Å². The molecule has 0 aliphatic rings. The highest BCUT2D eigenvalue weighted by Gasteiger charge is 2.08. The van der Waals surface area contributed by atoms with Gasteiger partial charge in [-0.1, -0.05) is 15.9 Å². The van der Waals surface area contributed by atoms with Crippen LogP contribution in [-0.4, -0.2) is 23.2 Å². The van der Waals surface area contributed by atoms with E-state index in [0.717, 1.165) is 21.3 Å². The molecule has 1 heterocycles. The fraction of sp³-hybridized carbons (Fsp3) is 0.0588. The largest absolute Gasteiger partial charge is 0.496 e. The summed E-state index contributed by atoms with van der Waals surface area (Å²) in [5.41, 5.74) is 5.28. The Balaban J connectivity index is 1.71. The molecule has 3 rings (SSSR count). The Morgan fingerprint density at radius 3 is 2.77 bits per heavy atom. The van der Waals surface area contributed by atoms with Crippen molar-refractivity contribution in [3.05, 3.63) is 68.0 Å². The van der Waals surface area contributed by atoms with Gasteiger partial charge in [0, 0.05) is 33.1 Å². The van der Waals surface area contributed by atoms with Gasteiger partial charge >= 0.3 is 0 Å². The molecule has 0 unspecified atom stereocenters. The van der Waals surface area contributed by atoms with Crippen molar-refractivity contribution >= 4 is 44.3 Å². The molecule has 1 aromatic heterocycles. The minimum absolute atomic E-state index is 0.0508. The summed E-state index contributed by atoms with van der Waals surface area (Å²) >= 11 is 4.81. The second kappa shape index (κ2) is 8.07. The monoisotopic (exact) mass is 432 g/mol. The minimum Gasteiger partial charge on any atom is -0.496 e. The van der Waals surface area contributed by atoms with Gasteiger partial charge in [0.1, 0.15) is 5.75 Å². The number of anilines is 1. The summed E-state index contributed by atoms with van der Waals surface area (Å²) in [6.07, 6.45) is 1.65. The first-order valence-corrected chi connectivity index (χ1v) is 9.07. The number of methoxy groups -OCH3 is 1. The third-order valence-electron chi connectivity index (χ3n) is 3.43. The number of nitrogens with one attached hydrogen (secondary N) is 1. The lowest BCUT2D eigenvalue weighted by molar-refractivity contribution is -0.384. The summed E-state index contributed by atoms with van der Waals surface area (Å²) in [5.74, 6) is 0.712. The molecule has 3 aromatic rings. The molecule has 0 spiro atoms. The van der Waals surface area contributed by atoms with Gasteiger partial charge in [-0.2, -0.15) is 5.10 Å². The maximum absolute atomic E-state index is 10.7. The van der Waals surface area contributed by atoms with E-state index in [2.05, 4.69) is 31.4 Å². The zero-order chi connectivity index (χ0) is 18.5. The van der Waals surface area contributed by atoms with Crippen LogP contribution in [0.4, 0.5) is 10.8 Å². The SMILES string of the molecule is COc1ccc(Br)cc1C=NNc1nc(-c2ccc([N+](=O)[O-])cc2)cs1. The lowest BCUT2D eigenvalue weighted by Gasteiger charge is -2.04. The predicted octanol–water partition coefficient (Wildman–Crippen LogP) is 4.94. The van der Waals surface area contributed by atoms with Gasteiger partial charge in [0.05, 0.1) is 23.9 Å². The standard InChI is InChI=1S/C17H13BrN4O3S/c1-25-16-7-4-13(18)8-12(16)9-19-21-17-20-15(10-26-17)11-2-5-14(6-3-11)22(23)24/h2-10H,1H3,(H,20,21). The number of non-ortho nitro benzene ring substituents is 1. The summed E-state index contributed by atoms with van der Waals surface area (Å²) < 4.78 is 6.22. The number of hydrogen-bond acceptors (Lipinski definition) is 7. The summed E-state index contributed by atoms with van der Waals surface area (Å²) in [6.45, 7) is 0. The Kier molecular flexibility index (Phi) is 5.59. The second-order valence-corrected chi connectivity index (χ2v) is 6.87. The number of halogens is 1. The smallest absolute Gasteiger partial charge is 0.269 e. The highest BCUT2D eigenvalue weighted by Crippen LogP contribution is 2.26. The van der Waals surface area contributed by atoms with Crippen molar-refractivity contribution in [2.45, 2.75) is 0 Å². The molecular formula is C17H13BrN4O3S. The molecule has 0 fully saturated rings. The molecule has 1 N–H and O–H groups in total. The second-order valence-electron chi connectivity index (χ2n) is 5.10. The zero-order valence-electron chi connectivity index (χ0n) is 13.5. The van der Waals surface area contributed by atoms with E-state index in [1.807, 2.05) is 23.6 Å². The number of aromatic nitrogens is 1. The summed E-state index contributed by atoms with van der Waals surface area (Å²) in [4.78, 5) is 14.7. The average Bonchev–Trinajstić information content (AvgIpc) is 3.11. The number of nitro groups is 1. The van der Waals surface area contributed by atoms with Crippen molar-refractivity contribution in [3.63, 3.8) is 0 Å². The number of rotatable bonds is 6. The van der Waals surface area contributed by atoms with E-state index >= 15 is 0 Å². The minimum atomic E-state index is -0.428. The molecule has 26 heavy (non-hydrogen) atoms. The van der Waals surface area contributed by atoms with Crippen molar-refractivity contribution in [2.24, 2.45) is 5.10 Å². The highest BCUT2D eigenvalue weighted by molar-refractivity contribution is 9.10. The summed E-state index contributed by atoms with van der Waals surface area (Å²) in [5, 5.41) is 17.4. The molecular weight excluding hydrogens is 420 g/mol. The number of nitro benzene ring substituents is 1. The molecule has 2 aromatic carbocycles. The number of benzene rings is 2. The Hall–Kier alpha value is -2.78. The van der Waals surface area contributed by atoms with Gasteiger partial charge in [-0.3, -0.25) is 15.5 Å². The summed E-state index contributed by atoms with van der Waals surface area (Å²) in [7, 11) is 1.60. The molecule has 7 nitrogen and oxygen atoms in total. The van der Waals surface area contributed by atoms with Gasteiger partial charge in [-0.25, -0.2) is 4.98 Å². The van der Waals surface area contributed by atoms with Crippen molar-refractivity contribution in [1.82, 2.24) is 4.98 Å². The first kappa shape index (κ1) is 18.0. The van der Waals surface area contributed by atoms with Crippen molar-refractivity contribution < 1.29 is 9.66 Å². The predicted molar refractivity (Wildman–Crippen MR) is 106 cm³/mol. The van der Waals surface area contributed by atoms with Gasteiger partial charge in [-0.05, 0) is 30.3 Å². The van der Waals surface area contributed by atoms with Crippen LogP contribution in [0.1, 0.15) is 5.56 Å². The van der Waals surface area contributed by atoms with E-state index in [4.69, 9.17) is 4.74 Å². The molecule has 9 heteroatoms. The molecule has 0 radical (unpaired) electrons. The average molecular weight is 433 g/mol. The first-order valence-electron chi connectivity index (χ1n) is 7.40. The van der Waals surface area contributed by atoms with Crippen LogP contribution >= 0.6 is 27.3 Å². The van der Waals surface area contributed by atoms with Crippen LogP contribution in [0.3, 0.4) is 0 Å². The molecule has 0 amide bonds. The Morgan fingerprint density at radius 1 is 1.31 bits per heavy atom. The van der Waals surface area contributed by atoms with Crippen LogP contribution in [0.15, 0.2) is 57.4 Å². The third-order valence-corrected chi connectivity index (χ3v) is 4.67. The number of nitrogens with zero attached hydrogens (tertiary/aromatic N) is 3. The number of hydrogen-bond donors (Lipinski definition) is 1. The fourth-order valence-electron chi connectivity index (χ4n) is 2.17. The topological polar surface area (TPSA) is 89.7 Å². The molecule has 0 aliphatic heterocycles. The van der Waals surface area contributed by atoms with E-state index in [-0.39, 0.29) is 5.69 Å². The number of thiazole rings is 1. The molecule has 132 valence electrons. The van der Waals surface area contributed by atoms with Crippen molar-refractivity contribution in [3.8, 4) is 17.0 Å². The van der Waals surface area contributed by atoms with Crippen LogP contribution in [0.25, 0.3) is 11.3 Å². The third kappa shape index (κ3) is 4.24. The maximum Gasteiger partial charge on any atom is 0.269 e. The molecule has 0 aliphatic carbocycles. The molecule has 0 saturated carbocycles. The Labute approximate surface area is 161 Å².